The van der Waals surface area contributed by atoms with Gasteiger partial charge in [-0.05, 0) is 18.2 Å². The van der Waals surface area contributed by atoms with Gasteiger partial charge in [-0.3, -0.25) is 4.79 Å². The van der Waals surface area contributed by atoms with Crippen LogP contribution in [0.2, 0.25) is 0 Å². The number of nitrogen functional groups attached to an aromatic ring is 1. The SMILES string of the molecule is COc1cc(N)c(NC(=O)c2cccc(Br)c2)cc1OC. The molecule has 2 aromatic rings. The molecule has 0 saturated carbocycles. The lowest BCUT2D eigenvalue weighted by Crippen LogP contribution is -2.13. The molecule has 0 aliphatic rings. The molecule has 3 N–H and O–H groups in total. The van der Waals surface area contributed by atoms with E-state index in [0.29, 0.717) is 28.4 Å². The van der Waals surface area contributed by atoms with Crippen LogP contribution < -0.4 is 20.5 Å². The number of carbonyl (C=O) groups is 1. The average molecular weight is 351 g/mol. The number of hydrogen-bond donors (Lipinski definition) is 2. The summed E-state index contributed by atoms with van der Waals surface area (Å²) in [5.41, 5.74) is 7.31. The molecule has 6 heteroatoms. The van der Waals surface area contributed by atoms with E-state index in [9.17, 15) is 4.79 Å². The van der Waals surface area contributed by atoms with Gasteiger partial charge in [0.1, 0.15) is 0 Å². The Balaban J connectivity index is 2.29. The van der Waals surface area contributed by atoms with E-state index in [4.69, 9.17) is 15.2 Å². The summed E-state index contributed by atoms with van der Waals surface area (Å²) < 4.78 is 11.2. The molecule has 0 aliphatic carbocycles. The molecule has 0 aliphatic heterocycles. The number of amides is 1. The highest BCUT2D eigenvalue weighted by molar-refractivity contribution is 9.10. The van der Waals surface area contributed by atoms with Gasteiger partial charge in [-0.15, -0.1) is 0 Å². The molecule has 1 amide bonds. The number of carbonyl (C=O) groups excluding carboxylic acids is 1. The second-order valence-electron chi connectivity index (χ2n) is 4.26. The molecule has 0 saturated heterocycles. The predicted octanol–water partition coefficient (Wildman–Crippen LogP) is 3.30. The number of methoxy groups -OCH3 is 2. The average Bonchev–Trinajstić information content (AvgIpc) is 2.48. The van der Waals surface area contributed by atoms with Gasteiger partial charge in [0.15, 0.2) is 11.5 Å². The molecule has 0 spiro atoms. The first-order valence-corrected chi connectivity index (χ1v) is 6.93. The maximum Gasteiger partial charge on any atom is 0.255 e. The van der Waals surface area contributed by atoms with Crippen molar-refractivity contribution in [3.63, 3.8) is 0 Å². The van der Waals surface area contributed by atoms with Crippen LogP contribution in [0.1, 0.15) is 10.4 Å². The second kappa shape index (κ2) is 6.49. The third-order valence-corrected chi connectivity index (χ3v) is 3.38. The van der Waals surface area contributed by atoms with Gasteiger partial charge >= 0.3 is 0 Å². The van der Waals surface area contributed by atoms with Crippen LogP contribution in [0.3, 0.4) is 0 Å². The highest BCUT2D eigenvalue weighted by atomic mass is 79.9. The van der Waals surface area contributed by atoms with Crippen LogP contribution in [0.5, 0.6) is 11.5 Å². The first-order valence-electron chi connectivity index (χ1n) is 6.13. The van der Waals surface area contributed by atoms with Crippen molar-refractivity contribution >= 4 is 33.2 Å². The highest BCUT2D eigenvalue weighted by Crippen LogP contribution is 2.35. The van der Waals surface area contributed by atoms with Crippen LogP contribution >= 0.6 is 15.9 Å². The third kappa shape index (κ3) is 3.46. The molecule has 0 bridgehead atoms. The molecule has 0 fully saturated rings. The minimum absolute atomic E-state index is 0.254. The quantitative estimate of drug-likeness (QED) is 0.829. The molecule has 0 radical (unpaired) electrons. The van der Waals surface area contributed by atoms with Crippen LogP contribution in [0.4, 0.5) is 11.4 Å². The molecule has 0 unspecified atom stereocenters. The number of hydrogen-bond acceptors (Lipinski definition) is 4. The summed E-state index contributed by atoms with van der Waals surface area (Å²) in [6.07, 6.45) is 0. The summed E-state index contributed by atoms with van der Waals surface area (Å²) in [6, 6.07) is 10.3. The maximum absolute atomic E-state index is 12.2. The van der Waals surface area contributed by atoms with Gasteiger partial charge in [0, 0.05) is 22.2 Å². The van der Waals surface area contributed by atoms with E-state index in [0.717, 1.165) is 4.47 Å². The van der Waals surface area contributed by atoms with Gasteiger partial charge < -0.3 is 20.5 Å². The number of benzene rings is 2. The third-order valence-electron chi connectivity index (χ3n) is 2.89. The summed E-state index contributed by atoms with van der Waals surface area (Å²) >= 11 is 3.33. The molecule has 0 atom stereocenters. The molecule has 0 heterocycles. The van der Waals surface area contributed by atoms with Crippen LogP contribution in [0, 0.1) is 0 Å². The lowest BCUT2D eigenvalue weighted by atomic mass is 10.2. The van der Waals surface area contributed by atoms with E-state index < -0.39 is 0 Å². The molecule has 5 nitrogen and oxygen atoms in total. The lowest BCUT2D eigenvalue weighted by molar-refractivity contribution is 0.102. The van der Waals surface area contributed by atoms with Crippen molar-refractivity contribution < 1.29 is 14.3 Å². The van der Waals surface area contributed by atoms with Gasteiger partial charge in [0.2, 0.25) is 0 Å². The molecule has 110 valence electrons. The zero-order valence-electron chi connectivity index (χ0n) is 11.6. The van der Waals surface area contributed by atoms with Crippen molar-refractivity contribution in [3.05, 3.63) is 46.4 Å². The molecular weight excluding hydrogens is 336 g/mol. The fraction of sp³-hybridized carbons (Fsp3) is 0.133. The number of ether oxygens (including phenoxy) is 2. The molecule has 2 rings (SSSR count). The Morgan fingerprint density at radius 3 is 2.43 bits per heavy atom. The van der Waals surface area contributed by atoms with Gasteiger partial charge in [-0.25, -0.2) is 0 Å². The summed E-state index contributed by atoms with van der Waals surface area (Å²) in [6.45, 7) is 0. The van der Waals surface area contributed by atoms with Gasteiger partial charge in [0.05, 0.1) is 25.6 Å². The van der Waals surface area contributed by atoms with E-state index in [1.54, 1.807) is 30.3 Å². The minimum Gasteiger partial charge on any atom is -0.493 e. The van der Waals surface area contributed by atoms with Crippen molar-refractivity contribution in [2.45, 2.75) is 0 Å². The summed E-state index contributed by atoms with van der Waals surface area (Å²) in [5.74, 6) is 0.752. The van der Waals surface area contributed by atoms with E-state index in [2.05, 4.69) is 21.2 Å². The number of rotatable bonds is 4. The fourth-order valence-corrected chi connectivity index (χ4v) is 2.23. The normalized spacial score (nSPS) is 10.0. The Labute approximate surface area is 131 Å². The molecule has 0 aromatic heterocycles. The molecule has 21 heavy (non-hydrogen) atoms. The Morgan fingerprint density at radius 1 is 1.14 bits per heavy atom. The Hall–Kier alpha value is -2.21. The van der Waals surface area contributed by atoms with Crippen molar-refractivity contribution in [2.24, 2.45) is 0 Å². The van der Waals surface area contributed by atoms with Crippen LogP contribution in [0.25, 0.3) is 0 Å². The smallest absolute Gasteiger partial charge is 0.255 e. The topological polar surface area (TPSA) is 73.6 Å². The molecule has 2 aromatic carbocycles. The van der Waals surface area contributed by atoms with E-state index >= 15 is 0 Å². The first kappa shape index (κ1) is 15.2. The number of nitrogens with two attached hydrogens (primary N) is 1. The van der Waals surface area contributed by atoms with Crippen LogP contribution in [0.15, 0.2) is 40.9 Å². The van der Waals surface area contributed by atoms with Crippen LogP contribution in [-0.2, 0) is 0 Å². The van der Waals surface area contributed by atoms with E-state index in [-0.39, 0.29) is 5.91 Å². The number of halogens is 1. The Bertz CT molecular complexity index is 674. The predicted molar refractivity (Wildman–Crippen MR) is 86.1 cm³/mol. The Kier molecular flexibility index (Phi) is 4.70. The first-order chi connectivity index (χ1) is 10.0. The number of anilines is 2. The van der Waals surface area contributed by atoms with Crippen LogP contribution in [-0.4, -0.2) is 20.1 Å². The number of nitrogens with one attached hydrogen (secondary N) is 1. The lowest BCUT2D eigenvalue weighted by Gasteiger charge is -2.13. The zero-order valence-corrected chi connectivity index (χ0v) is 13.2. The van der Waals surface area contributed by atoms with Crippen molar-refractivity contribution in [1.29, 1.82) is 0 Å². The molecular formula is C15H15BrN2O3. The minimum atomic E-state index is -0.254. The maximum atomic E-state index is 12.2. The van der Waals surface area contributed by atoms with Gasteiger partial charge in [-0.1, -0.05) is 22.0 Å². The standard InChI is InChI=1S/C15H15BrN2O3/c1-20-13-7-11(17)12(8-14(13)21-2)18-15(19)9-4-3-5-10(16)6-9/h3-8H,17H2,1-2H3,(H,18,19). The van der Waals surface area contributed by atoms with Crippen molar-refractivity contribution in [3.8, 4) is 11.5 Å². The fourth-order valence-electron chi connectivity index (χ4n) is 1.83. The second-order valence-corrected chi connectivity index (χ2v) is 5.17. The summed E-state index contributed by atoms with van der Waals surface area (Å²) in [4.78, 5) is 12.2. The van der Waals surface area contributed by atoms with E-state index in [1.807, 2.05) is 6.07 Å². The van der Waals surface area contributed by atoms with Crippen molar-refractivity contribution in [1.82, 2.24) is 0 Å². The monoisotopic (exact) mass is 350 g/mol. The highest BCUT2D eigenvalue weighted by Gasteiger charge is 2.13. The van der Waals surface area contributed by atoms with E-state index in [1.165, 1.54) is 14.2 Å². The van der Waals surface area contributed by atoms with Gasteiger partial charge in [-0.2, -0.15) is 0 Å². The zero-order chi connectivity index (χ0) is 15.4. The Morgan fingerprint density at radius 2 is 1.81 bits per heavy atom. The van der Waals surface area contributed by atoms with Gasteiger partial charge in [0.25, 0.3) is 5.91 Å². The largest absolute Gasteiger partial charge is 0.493 e. The summed E-state index contributed by atoms with van der Waals surface area (Å²) in [5, 5.41) is 2.76. The van der Waals surface area contributed by atoms with Crippen molar-refractivity contribution in [2.75, 3.05) is 25.3 Å². The summed E-state index contributed by atoms with van der Waals surface area (Å²) in [7, 11) is 3.05.